The molecule has 0 radical (unpaired) electrons. The predicted molar refractivity (Wildman–Crippen MR) is 250 cm³/mol. The first-order chi connectivity index (χ1) is 29.5. The number of rotatable bonds is 7. The quantitative estimate of drug-likeness (QED) is 0.159. The van der Waals surface area contributed by atoms with Crippen LogP contribution < -0.4 is 9.80 Å². The van der Waals surface area contributed by atoms with Crippen molar-refractivity contribution in [2.24, 2.45) is 11.8 Å². The molecule has 2 nitrogen and oxygen atoms in total. The van der Waals surface area contributed by atoms with Crippen molar-refractivity contribution in [3.8, 4) is 22.3 Å². The number of hydrogen-bond donors (Lipinski definition) is 0. The second kappa shape index (κ2) is 13.4. The summed E-state index contributed by atoms with van der Waals surface area (Å²) in [5.74, 6) is 1.07. The van der Waals surface area contributed by atoms with Gasteiger partial charge in [0.05, 0.1) is 11.4 Å². The standard InChI is InChI=1S/C58H48N2/c1-57(2)51-25-13-12-24-49(51)50-35-34-48(38-52(50)57)60(47-32-28-40(29-33-47)39-16-6-3-7-17-39)54-27-15-19-42-37-44-31-30-43-36-41-18-14-26-53(55(41)58(43,44)56(42)54)59(45-20-8-4-9-21-45)46-22-10-5-11-23-46/h3-29,32-35,38,43-44H,30-31,36-37H2,1-2H3. The molecule has 290 valence electrons. The van der Waals surface area contributed by atoms with Crippen molar-refractivity contribution >= 4 is 34.1 Å². The zero-order valence-corrected chi connectivity index (χ0v) is 34.4. The highest BCUT2D eigenvalue weighted by atomic mass is 15.2. The minimum absolute atomic E-state index is 0.110. The van der Waals surface area contributed by atoms with Crippen LogP contribution in [0.25, 0.3) is 22.3 Å². The summed E-state index contributed by atoms with van der Waals surface area (Å²) in [4.78, 5) is 5.15. The van der Waals surface area contributed by atoms with Crippen molar-refractivity contribution < 1.29 is 0 Å². The molecule has 8 aromatic rings. The van der Waals surface area contributed by atoms with Crippen molar-refractivity contribution in [1.29, 1.82) is 0 Å². The minimum atomic E-state index is -0.117. The molecule has 2 heteroatoms. The first-order valence-electron chi connectivity index (χ1n) is 21.9. The monoisotopic (exact) mass is 772 g/mol. The Balaban J connectivity index is 1.10. The van der Waals surface area contributed by atoms with E-state index >= 15 is 0 Å². The number of hydrogen-bond acceptors (Lipinski definition) is 2. The van der Waals surface area contributed by atoms with Crippen molar-refractivity contribution in [2.45, 2.75) is 50.4 Å². The van der Waals surface area contributed by atoms with Gasteiger partial charge in [-0.15, -0.1) is 0 Å². The van der Waals surface area contributed by atoms with Crippen LogP contribution in [0.15, 0.2) is 194 Å². The lowest BCUT2D eigenvalue weighted by Crippen LogP contribution is -2.34. The van der Waals surface area contributed by atoms with Crippen LogP contribution >= 0.6 is 0 Å². The van der Waals surface area contributed by atoms with Crippen LogP contribution in [0.3, 0.4) is 0 Å². The van der Waals surface area contributed by atoms with E-state index in [1.165, 1.54) is 91.5 Å². The van der Waals surface area contributed by atoms with E-state index in [-0.39, 0.29) is 10.8 Å². The number of anilines is 6. The molecule has 0 amide bonds. The van der Waals surface area contributed by atoms with Crippen LogP contribution in [-0.2, 0) is 23.7 Å². The van der Waals surface area contributed by atoms with Crippen molar-refractivity contribution in [3.05, 3.63) is 228 Å². The Morgan fingerprint density at radius 1 is 0.400 bits per heavy atom. The van der Waals surface area contributed by atoms with Crippen molar-refractivity contribution in [3.63, 3.8) is 0 Å². The molecule has 3 unspecified atom stereocenters. The third-order valence-electron chi connectivity index (χ3n) is 14.7. The molecular formula is C58H48N2. The maximum Gasteiger partial charge on any atom is 0.0505 e. The first-order valence-corrected chi connectivity index (χ1v) is 21.9. The minimum Gasteiger partial charge on any atom is -0.310 e. The first kappa shape index (κ1) is 35.3. The Hall–Kier alpha value is -6.64. The molecule has 0 aromatic heterocycles. The van der Waals surface area contributed by atoms with E-state index in [1.54, 1.807) is 11.1 Å². The number of benzene rings is 8. The van der Waals surface area contributed by atoms with Gasteiger partial charge in [-0.05, 0) is 154 Å². The molecule has 1 saturated carbocycles. The third kappa shape index (κ3) is 5.07. The number of fused-ring (bicyclic) bond motifs is 5. The zero-order chi connectivity index (χ0) is 40.0. The summed E-state index contributed by atoms with van der Waals surface area (Å²) >= 11 is 0. The molecule has 1 spiro atoms. The average Bonchev–Trinajstić information content (AvgIpc) is 3.99. The maximum atomic E-state index is 2.62. The molecule has 8 aromatic carbocycles. The fourth-order valence-electron chi connectivity index (χ4n) is 12.3. The SMILES string of the molecule is CC1(C)c2ccccc2-c2ccc(N(c3ccc(-c4ccccc4)cc3)c3cccc4c3C35c6c(cccc6N(c6ccccc6)c6ccccc6)CC3CCC5C4)cc21. The zero-order valence-electron chi connectivity index (χ0n) is 34.4. The van der Waals surface area contributed by atoms with E-state index in [1.807, 2.05) is 0 Å². The maximum absolute atomic E-state index is 2.62. The van der Waals surface area contributed by atoms with Gasteiger partial charge in [-0.3, -0.25) is 0 Å². The molecule has 0 bridgehead atoms. The largest absolute Gasteiger partial charge is 0.310 e. The molecule has 1 fully saturated rings. The second-order valence-electron chi connectivity index (χ2n) is 18.0. The third-order valence-corrected chi connectivity index (χ3v) is 14.7. The summed E-state index contributed by atoms with van der Waals surface area (Å²) in [6, 6.07) is 72.8. The smallest absolute Gasteiger partial charge is 0.0505 e. The van der Waals surface area contributed by atoms with E-state index in [9.17, 15) is 0 Å². The van der Waals surface area contributed by atoms with Crippen LogP contribution in [-0.4, -0.2) is 0 Å². The number of nitrogens with zero attached hydrogens (tertiary/aromatic N) is 2. The lowest BCUT2D eigenvalue weighted by molar-refractivity contribution is 0.350. The van der Waals surface area contributed by atoms with E-state index in [4.69, 9.17) is 0 Å². The van der Waals surface area contributed by atoms with Crippen LogP contribution in [0, 0.1) is 11.8 Å². The molecule has 0 saturated heterocycles. The summed E-state index contributed by atoms with van der Waals surface area (Å²) in [7, 11) is 0. The molecule has 12 rings (SSSR count). The Kier molecular flexibility index (Phi) is 7.91. The summed E-state index contributed by atoms with van der Waals surface area (Å²) in [5.41, 5.74) is 21.3. The summed E-state index contributed by atoms with van der Waals surface area (Å²) < 4.78 is 0. The van der Waals surface area contributed by atoms with Gasteiger partial charge in [0.25, 0.3) is 0 Å². The van der Waals surface area contributed by atoms with Gasteiger partial charge >= 0.3 is 0 Å². The summed E-state index contributed by atoms with van der Waals surface area (Å²) in [6.07, 6.45) is 4.72. The molecular weight excluding hydrogens is 725 g/mol. The predicted octanol–water partition coefficient (Wildman–Crippen LogP) is 15.0. The van der Waals surface area contributed by atoms with Gasteiger partial charge in [0.15, 0.2) is 0 Å². The highest BCUT2D eigenvalue weighted by Crippen LogP contribution is 2.69. The van der Waals surface area contributed by atoms with Gasteiger partial charge in [-0.1, -0.05) is 147 Å². The summed E-state index contributed by atoms with van der Waals surface area (Å²) in [5, 5.41) is 0. The lowest BCUT2D eigenvalue weighted by Gasteiger charge is -2.40. The van der Waals surface area contributed by atoms with Gasteiger partial charge in [-0.25, -0.2) is 0 Å². The second-order valence-corrected chi connectivity index (χ2v) is 18.0. The Bertz CT molecular complexity index is 2870. The normalized spacial score (nSPS) is 19.8. The van der Waals surface area contributed by atoms with Gasteiger partial charge in [0.2, 0.25) is 0 Å². The fourth-order valence-corrected chi connectivity index (χ4v) is 12.3. The van der Waals surface area contributed by atoms with Crippen molar-refractivity contribution in [1.82, 2.24) is 0 Å². The van der Waals surface area contributed by atoms with Gasteiger partial charge in [-0.2, -0.15) is 0 Å². The highest BCUT2D eigenvalue weighted by Gasteiger charge is 2.62. The molecule has 4 aliphatic carbocycles. The average molecular weight is 773 g/mol. The van der Waals surface area contributed by atoms with Gasteiger partial charge in [0, 0.05) is 33.6 Å². The summed E-state index contributed by atoms with van der Waals surface area (Å²) in [6.45, 7) is 4.80. The fraction of sp³-hybridized carbons (Fsp3) is 0.172. The van der Waals surface area contributed by atoms with Crippen molar-refractivity contribution in [2.75, 3.05) is 9.80 Å². The van der Waals surface area contributed by atoms with E-state index in [2.05, 4.69) is 218 Å². The Labute approximate surface area is 354 Å². The van der Waals surface area contributed by atoms with Gasteiger partial charge in [0.1, 0.15) is 0 Å². The topological polar surface area (TPSA) is 6.48 Å². The Morgan fingerprint density at radius 2 is 0.867 bits per heavy atom. The molecule has 0 aliphatic heterocycles. The van der Waals surface area contributed by atoms with Crippen LogP contribution in [0.2, 0.25) is 0 Å². The van der Waals surface area contributed by atoms with Crippen LogP contribution in [0.4, 0.5) is 34.1 Å². The molecule has 0 N–H and O–H groups in total. The molecule has 60 heavy (non-hydrogen) atoms. The van der Waals surface area contributed by atoms with E-state index < -0.39 is 0 Å². The van der Waals surface area contributed by atoms with E-state index in [0.717, 1.165) is 12.8 Å². The molecule has 3 atom stereocenters. The molecule has 4 aliphatic rings. The van der Waals surface area contributed by atoms with Crippen LogP contribution in [0.1, 0.15) is 60.1 Å². The molecule has 0 heterocycles. The van der Waals surface area contributed by atoms with Crippen LogP contribution in [0.5, 0.6) is 0 Å². The lowest BCUT2D eigenvalue weighted by atomic mass is 9.68. The highest BCUT2D eigenvalue weighted by molar-refractivity contribution is 5.89. The van der Waals surface area contributed by atoms with Gasteiger partial charge < -0.3 is 9.80 Å². The number of para-hydroxylation sites is 2. The van der Waals surface area contributed by atoms with E-state index in [0.29, 0.717) is 11.8 Å². The Morgan fingerprint density at radius 3 is 1.47 bits per heavy atom.